The molecule has 0 bridgehead atoms. The molecule has 16 heavy (non-hydrogen) atoms. The number of amides is 1. The second kappa shape index (κ2) is 5.04. The highest BCUT2D eigenvalue weighted by Gasteiger charge is 2.30. The fourth-order valence-corrected chi connectivity index (χ4v) is 1.85. The third kappa shape index (κ3) is 3.67. The molecule has 4 nitrogen and oxygen atoms in total. The van der Waals surface area contributed by atoms with Gasteiger partial charge in [0.15, 0.2) is 0 Å². The molecule has 0 aromatic carbocycles. The summed E-state index contributed by atoms with van der Waals surface area (Å²) in [5.41, 5.74) is -0.397. The molecule has 1 atom stereocenters. The molecule has 1 aliphatic rings. The van der Waals surface area contributed by atoms with Gasteiger partial charge >= 0.3 is 6.09 Å². The van der Waals surface area contributed by atoms with Gasteiger partial charge in [-0.2, -0.15) is 0 Å². The smallest absolute Gasteiger partial charge is 0.410 e. The zero-order valence-corrected chi connectivity index (χ0v) is 11.1. The van der Waals surface area contributed by atoms with Crippen molar-refractivity contribution in [1.29, 1.82) is 0 Å². The van der Waals surface area contributed by atoms with E-state index in [0.29, 0.717) is 6.04 Å². The normalized spacial score (nSPS) is 21.6. The summed E-state index contributed by atoms with van der Waals surface area (Å²) in [5, 5.41) is 0. The van der Waals surface area contributed by atoms with E-state index in [2.05, 4.69) is 18.9 Å². The summed E-state index contributed by atoms with van der Waals surface area (Å²) in [6.07, 6.45) is 0.864. The van der Waals surface area contributed by atoms with E-state index in [-0.39, 0.29) is 6.09 Å². The van der Waals surface area contributed by atoms with Crippen LogP contribution in [-0.4, -0.2) is 54.2 Å². The van der Waals surface area contributed by atoms with Gasteiger partial charge in [0, 0.05) is 19.1 Å². The summed E-state index contributed by atoms with van der Waals surface area (Å²) in [6, 6.07) is 0.484. The van der Waals surface area contributed by atoms with Crippen LogP contribution in [0.15, 0.2) is 0 Å². The fraction of sp³-hybridized carbons (Fsp3) is 0.917. The number of likely N-dealkylation sites (N-methyl/N-ethyl adjacent to an activating group) is 1. The lowest BCUT2D eigenvalue weighted by atomic mass is 10.2. The summed E-state index contributed by atoms with van der Waals surface area (Å²) in [6.45, 7) is 10.5. The van der Waals surface area contributed by atoms with Crippen LogP contribution >= 0.6 is 0 Å². The van der Waals surface area contributed by atoms with Crippen molar-refractivity contribution < 1.29 is 9.53 Å². The highest BCUT2D eigenvalue weighted by atomic mass is 16.6. The predicted molar refractivity (Wildman–Crippen MR) is 64.5 cm³/mol. The molecule has 1 amide bonds. The minimum absolute atomic E-state index is 0.181. The Labute approximate surface area is 98.5 Å². The number of hydrogen-bond acceptors (Lipinski definition) is 3. The Bertz CT molecular complexity index is 248. The fourth-order valence-electron chi connectivity index (χ4n) is 1.85. The van der Waals surface area contributed by atoms with Gasteiger partial charge in [-0.05, 0) is 40.8 Å². The van der Waals surface area contributed by atoms with Crippen LogP contribution in [0, 0.1) is 0 Å². The van der Waals surface area contributed by atoms with E-state index in [9.17, 15) is 4.79 Å². The zero-order chi connectivity index (χ0) is 12.3. The third-order valence-corrected chi connectivity index (χ3v) is 2.94. The van der Waals surface area contributed by atoms with E-state index in [1.54, 1.807) is 0 Å². The molecule has 0 aliphatic carbocycles. The van der Waals surface area contributed by atoms with Crippen molar-refractivity contribution in [3.8, 4) is 0 Å². The van der Waals surface area contributed by atoms with Crippen molar-refractivity contribution in [2.24, 2.45) is 0 Å². The standard InChI is InChI=1S/C12H24N2O2/c1-6-13(5)10-7-8-14(9-10)11(15)16-12(2,3)4/h10H,6-9H2,1-5H3/t10-/m1/s1. The lowest BCUT2D eigenvalue weighted by Crippen LogP contribution is -2.38. The van der Waals surface area contributed by atoms with E-state index < -0.39 is 5.60 Å². The number of likely N-dealkylation sites (tertiary alicyclic amines) is 1. The van der Waals surface area contributed by atoms with Gasteiger partial charge in [0.2, 0.25) is 0 Å². The van der Waals surface area contributed by atoms with Crippen molar-refractivity contribution in [2.75, 3.05) is 26.7 Å². The quantitative estimate of drug-likeness (QED) is 0.724. The summed E-state index contributed by atoms with van der Waals surface area (Å²) >= 11 is 0. The van der Waals surface area contributed by atoms with Gasteiger partial charge in [-0.25, -0.2) is 4.79 Å². The molecule has 1 rings (SSSR count). The summed E-state index contributed by atoms with van der Waals surface area (Å²) in [7, 11) is 2.10. The number of rotatable bonds is 2. The van der Waals surface area contributed by atoms with Crippen LogP contribution in [-0.2, 0) is 4.74 Å². The summed E-state index contributed by atoms with van der Waals surface area (Å²) in [4.78, 5) is 15.9. The Balaban J connectivity index is 2.44. The molecule has 0 aromatic rings. The Hall–Kier alpha value is -0.770. The maximum Gasteiger partial charge on any atom is 0.410 e. The van der Waals surface area contributed by atoms with Crippen molar-refractivity contribution in [3.63, 3.8) is 0 Å². The van der Waals surface area contributed by atoms with Crippen LogP contribution in [0.4, 0.5) is 4.79 Å². The first-order valence-electron chi connectivity index (χ1n) is 6.01. The highest BCUT2D eigenvalue weighted by Crippen LogP contribution is 2.17. The minimum Gasteiger partial charge on any atom is -0.444 e. The van der Waals surface area contributed by atoms with Gasteiger partial charge in [-0.3, -0.25) is 0 Å². The van der Waals surface area contributed by atoms with Crippen LogP contribution in [0.5, 0.6) is 0 Å². The average Bonchev–Trinajstić information content (AvgIpc) is 2.62. The van der Waals surface area contributed by atoms with Crippen molar-refractivity contribution >= 4 is 6.09 Å². The van der Waals surface area contributed by atoms with Gasteiger partial charge < -0.3 is 14.5 Å². The molecule has 0 aromatic heterocycles. The molecule has 1 saturated heterocycles. The topological polar surface area (TPSA) is 32.8 Å². The zero-order valence-electron chi connectivity index (χ0n) is 11.1. The first kappa shape index (κ1) is 13.3. The van der Waals surface area contributed by atoms with Gasteiger partial charge in [-0.15, -0.1) is 0 Å². The monoisotopic (exact) mass is 228 g/mol. The Morgan fingerprint density at radius 1 is 1.50 bits per heavy atom. The van der Waals surface area contributed by atoms with Crippen molar-refractivity contribution in [3.05, 3.63) is 0 Å². The second-order valence-electron chi connectivity index (χ2n) is 5.44. The minimum atomic E-state index is -0.397. The molecule has 4 heteroatoms. The lowest BCUT2D eigenvalue weighted by Gasteiger charge is -2.26. The molecular formula is C12H24N2O2. The molecule has 1 heterocycles. The van der Waals surface area contributed by atoms with Crippen molar-refractivity contribution in [1.82, 2.24) is 9.80 Å². The Morgan fingerprint density at radius 2 is 2.12 bits per heavy atom. The van der Waals surface area contributed by atoms with Gasteiger partial charge in [0.05, 0.1) is 0 Å². The van der Waals surface area contributed by atoms with Gasteiger partial charge in [0.25, 0.3) is 0 Å². The van der Waals surface area contributed by atoms with E-state index in [1.165, 1.54) is 0 Å². The number of nitrogens with zero attached hydrogens (tertiary/aromatic N) is 2. The van der Waals surface area contributed by atoms with Crippen LogP contribution in [0.3, 0.4) is 0 Å². The molecule has 94 valence electrons. The largest absolute Gasteiger partial charge is 0.444 e. The van der Waals surface area contributed by atoms with E-state index in [0.717, 1.165) is 26.1 Å². The summed E-state index contributed by atoms with van der Waals surface area (Å²) in [5.74, 6) is 0. The number of carbonyl (C=O) groups is 1. The van der Waals surface area contributed by atoms with Gasteiger partial charge in [0.1, 0.15) is 5.60 Å². The summed E-state index contributed by atoms with van der Waals surface area (Å²) < 4.78 is 5.35. The van der Waals surface area contributed by atoms with E-state index >= 15 is 0 Å². The molecule has 0 radical (unpaired) electrons. The van der Waals surface area contributed by atoms with E-state index in [1.807, 2.05) is 25.7 Å². The number of ether oxygens (including phenoxy) is 1. The second-order valence-corrected chi connectivity index (χ2v) is 5.44. The maximum atomic E-state index is 11.8. The molecule has 0 saturated carbocycles. The molecular weight excluding hydrogens is 204 g/mol. The lowest BCUT2D eigenvalue weighted by molar-refractivity contribution is 0.0283. The highest BCUT2D eigenvalue weighted by molar-refractivity contribution is 5.68. The Kier molecular flexibility index (Phi) is 4.19. The van der Waals surface area contributed by atoms with E-state index in [4.69, 9.17) is 4.74 Å². The molecule has 1 fully saturated rings. The predicted octanol–water partition coefficient (Wildman–Crippen LogP) is 1.95. The average molecular weight is 228 g/mol. The molecule has 0 spiro atoms. The third-order valence-electron chi connectivity index (χ3n) is 2.94. The van der Waals surface area contributed by atoms with Crippen LogP contribution < -0.4 is 0 Å². The van der Waals surface area contributed by atoms with Crippen molar-refractivity contribution in [2.45, 2.75) is 45.8 Å². The van der Waals surface area contributed by atoms with Gasteiger partial charge in [-0.1, -0.05) is 6.92 Å². The number of hydrogen-bond donors (Lipinski definition) is 0. The first-order chi connectivity index (χ1) is 7.33. The first-order valence-corrected chi connectivity index (χ1v) is 6.01. The van der Waals surface area contributed by atoms with Crippen LogP contribution in [0.1, 0.15) is 34.1 Å². The number of carbonyl (C=O) groups excluding carboxylic acids is 1. The van der Waals surface area contributed by atoms with Crippen LogP contribution in [0.25, 0.3) is 0 Å². The molecule has 0 N–H and O–H groups in total. The molecule has 0 unspecified atom stereocenters. The molecule has 1 aliphatic heterocycles. The SMILES string of the molecule is CCN(C)[C@@H]1CCN(C(=O)OC(C)(C)C)C1. The van der Waals surface area contributed by atoms with Crippen LogP contribution in [0.2, 0.25) is 0 Å². The Morgan fingerprint density at radius 3 is 2.62 bits per heavy atom. The maximum absolute atomic E-state index is 11.8.